The predicted molar refractivity (Wildman–Crippen MR) is 110 cm³/mol. The van der Waals surface area contributed by atoms with Gasteiger partial charge in [-0.3, -0.25) is 4.99 Å². The first kappa shape index (κ1) is 22.8. The van der Waals surface area contributed by atoms with Crippen molar-refractivity contribution in [1.82, 2.24) is 5.32 Å². The maximum atomic E-state index is 5.53. The molecule has 0 fully saturated rings. The number of ether oxygens (including phenoxy) is 3. The third-order valence-corrected chi connectivity index (χ3v) is 3.27. The monoisotopic (exact) mass is 451 g/mol. The van der Waals surface area contributed by atoms with Crippen molar-refractivity contribution in [2.24, 2.45) is 4.99 Å². The van der Waals surface area contributed by atoms with Gasteiger partial charge in [-0.2, -0.15) is 0 Å². The highest BCUT2D eigenvalue weighted by Crippen LogP contribution is 2.29. The van der Waals surface area contributed by atoms with Crippen LogP contribution < -0.4 is 20.1 Å². The van der Waals surface area contributed by atoms with E-state index in [0.29, 0.717) is 17.5 Å². The van der Waals surface area contributed by atoms with Crippen molar-refractivity contribution < 1.29 is 14.2 Å². The van der Waals surface area contributed by atoms with Crippen LogP contribution in [0, 0.1) is 0 Å². The normalized spacial score (nSPS) is 10.8. The molecule has 6 nitrogen and oxygen atoms in total. The Morgan fingerprint density at radius 1 is 1.08 bits per heavy atom. The number of aliphatic imine (C=N–C) groups is 1. The van der Waals surface area contributed by atoms with E-state index in [1.54, 1.807) is 21.3 Å². The van der Waals surface area contributed by atoms with Gasteiger partial charge in [0.1, 0.15) is 0 Å². The SMILES string of the molecule is CCCCOCCCNC(=NC)Nc1ccc(OC)c(OC)c1.I. The summed E-state index contributed by atoms with van der Waals surface area (Å²) in [6, 6.07) is 5.65. The van der Waals surface area contributed by atoms with E-state index in [2.05, 4.69) is 22.5 Å². The molecule has 0 aliphatic rings. The molecule has 0 atom stereocenters. The first-order valence-corrected chi connectivity index (χ1v) is 8.02. The van der Waals surface area contributed by atoms with Crippen LogP contribution in [0.2, 0.25) is 0 Å². The van der Waals surface area contributed by atoms with Gasteiger partial charge in [0.2, 0.25) is 0 Å². The zero-order valence-electron chi connectivity index (χ0n) is 15.1. The molecule has 0 amide bonds. The summed E-state index contributed by atoms with van der Waals surface area (Å²) in [7, 11) is 4.98. The quantitative estimate of drug-likeness (QED) is 0.247. The number of benzene rings is 1. The Balaban J connectivity index is 0.00000529. The van der Waals surface area contributed by atoms with Crippen molar-refractivity contribution in [3.63, 3.8) is 0 Å². The van der Waals surface area contributed by atoms with Gasteiger partial charge >= 0.3 is 0 Å². The molecule has 0 radical (unpaired) electrons. The summed E-state index contributed by atoms with van der Waals surface area (Å²) < 4.78 is 16.1. The summed E-state index contributed by atoms with van der Waals surface area (Å²) in [5.74, 6) is 2.09. The van der Waals surface area contributed by atoms with E-state index in [1.807, 2.05) is 18.2 Å². The minimum absolute atomic E-state index is 0. The zero-order valence-corrected chi connectivity index (χ0v) is 17.4. The van der Waals surface area contributed by atoms with Crippen molar-refractivity contribution in [1.29, 1.82) is 0 Å². The van der Waals surface area contributed by atoms with Crippen molar-refractivity contribution in [2.45, 2.75) is 26.2 Å². The number of nitrogens with one attached hydrogen (secondary N) is 2. The number of rotatable bonds is 10. The number of unbranched alkanes of at least 4 members (excludes halogenated alkanes) is 1. The number of halogens is 1. The van der Waals surface area contributed by atoms with Gasteiger partial charge in [0.05, 0.1) is 14.2 Å². The van der Waals surface area contributed by atoms with Gasteiger partial charge in [0, 0.05) is 38.6 Å². The molecule has 24 heavy (non-hydrogen) atoms. The summed E-state index contributed by atoms with van der Waals surface area (Å²) in [6.07, 6.45) is 3.23. The van der Waals surface area contributed by atoms with Gasteiger partial charge in [-0.15, -0.1) is 24.0 Å². The minimum Gasteiger partial charge on any atom is -0.493 e. The Morgan fingerprint density at radius 3 is 2.42 bits per heavy atom. The predicted octanol–water partition coefficient (Wildman–Crippen LogP) is 3.52. The van der Waals surface area contributed by atoms with Crippen LogP contribution in [0.3, 0.4) is 0 Å². The number of hydrogen-bond donors (Lipinski definition) is 2. The lowest BCUT2D eigenvalue weighted by atomic mass is 10.3. The Labute approximate surface area is 162 Å². The Hall–Kier alpha value is -1.22. The van der Waals surface area contributed by atoms with Crippen LogP contribution in [0.15, 0.2) is 23.2 Å². The number of methoxy groups -OCH3 is 2. The van der Waals surface area contributed by atoms with Gasteiger partial charge < -0.3 is 24.8 Å². The van der Waals surface area contributed by atoms with Crippen molar-refractivity contribution in [2.75, 3.05) is 46.3 Å². The fraction of sp³-hybridized carbons (Fsp3) is 0.588. The van der Waals surface area contributed by atoms with Crippen molar-refractivity contribution >= 4 is 35.6 Å². The molecule has 0 heterocycles. The molecule has 0 aliphatic heterocycles. The third kappa shape index (κ3) is 8.58. The maximum Gasteiger partial charge on any atom is 0.195 e. The van der Waals surface area contributed by atoms with E-state index in [1.165, 1.54) is 6.42 Å². The van der Waals surface area contributed by atoms with E-state index in [0.717, 1.165) is 38.3 Å². The molecule has 7 heteroatoms. The molecule has 0 bridgehead atoms. The second-order valence-corrected chi connectivity index (χ2v) is 5.01. The molecule has 0 aromatic heterocycles. The highest BCUT2D eigenvalue weighted by atomic mass is 127. The number of guanidine groups is 1. The molecule has 1 aromatic rings. The smallest absolute Gasteiger partial charge is 0.195 e. The third-order valence-electron chi connectivity index (χ3n) is 3.27. The molecule has 138 valence electrons. The van der Waals surface area contributed by atoms with E-state index in [-0.39, 0.29) is 24.0 Å². The standard InChI is InChI=1S/C17H29N3O3.HI/c1-5-6-11-23-12-7-10-19-17(18-2)20-14-8-9-15(21-3)16(13-14)22-4;/h8-9,13H,5-7,10-12H2,1-4H3,(H2,18,19,20);1H. The van der Waals surface area contributed by atoms with Crippen molar-refractivity contribution in [3.8, 4) is 11.5 Å². The molecule has 1 aromatic carbocycles. The van der Waals surface area contributed by atoms with Crippen molar-refractivity contribution in [3.05, 3.63) is 18.2 Å². The summed E-state index contributed by atoms with van der Waals surface area (Å²) in [5.41, 5.74) is 0.884. The average molecular weight is 451 g/mol. The molecular formula is C17H30IN3O3. The lowest BCUT2D eigenvalue weighted by Gasteiger charge is -2.14. The summed E-state index contributed by atoms with van der Waals surface area (Å²) in [5, 5.41) is 6.49. The summed E-state index contributed by atoms with van der Waals surface area (Å²) >= 11 is 0. The summed E-state index contributed by atoms with van der Waals surface area (Å²) in [6.45, 7) is 4.57. The van der Waals surface area contributed by atoms with E-state index >= 15 is 0 Å². The molecule has 2 N–H and O–H groups in total. The fourth-order valence-electron chi connectivity index (χ4n) is 1.96. The maximum absolute atomic E-state index is 5.53. The van der Waals surface area contributed by atoms with Crippen LogP contribution in [0.5, 0.6) is 11.5 Å². The molecule has 0 unspecified atom stereocenters. The van der Waals surface area contributed by atoms with Gasteiger partial charge in [-0.05, 0) is 25.0 Å². The van der Waals surface area contributed by atoms with Crippen LogP contribution in [-0.2, 0) is 4.74 Å². The Kier molecular flexibility index (Phi) is 13.4. The van der Waals surface area contributed by atoms with E-state index in [4.69, 9.17) is 14.2 Å². The lowest BCUT2D eigenvalue weighted by molar-refractivity contribution is 0.129. The molecule has 1 rings (SSSR count). The first-order chi connectivity index (χ1) is 11.2. The molecular weight excluding hydrogens is 421 g/mol. The largest absolute Gasteiger partial charge is 0.493 e. The minimum atomic E-state index is 0. The molecule has 0 saturated heterocycles. The van der Waals surface area contributed by atoms with Gasteiger partial charge in [0.25, 0.3) is 0 Å². The highest BCUT2D eigenvalue weighted by Gasteiger charge is 2.06. The molecule has 0 spiro atoms. The first-order valence-electron chi connectivity index (χ1n) is 8.02. The second-order valence-electron chi connectivity index (χ2n) is 5.01. The summed E-state index contributed by atoms with van der Waals surface area (Å²) in [4.78, 5) is 4.21. The van der Waals surface area contributed by atoms with Crippen LogP contribution in [0.25, 0.3) is 0 Å². The lowest BCUT2D eigenvalue weighted by Crippen LogP contribution is -2.31. The van der Waals surface area contributed by atoms with Crippen LogP contribution in [-0.4, -0.2) is 47.0 Å². The Morgan fingerprint density at radius 2 is 1.79 bits per heavy atom. The van der Waals surface area contributed by atoms with Gasteiger partial charge in [-0.1, -0.05) is 13.3 Å². The van der Waals surface area contributed by atoms with Crippen LogP contribution >= 0.6 is 24.0 Å². The van der Waals surface area contributed by atoms with Gasteiger partial charge in [-0.25, -0.2) is 0 Å². The average Bonchev–Trinajstić information content (AvgIpc) is 2.59. The Bertz CT molecular complexity index is 484. The number of nitrogens with zero attached hydrogens (tertiary/aromatic N) is 1. The van der Waals surface area contributed by atoms with Crippen LogP contribution in [0.4, 0.5) is 5.69 Å². The number of anilines is 1. The van der Waals surface area contributed by atoms with Crippen LogP contribution in [0.1, 0.15) is 26.2 Å². The number of hydrogen-bond acceptors (Lipinski definition) is 4. The molecule has 0 saturated carbocycles. The second kappa shape index (κ2) is 14.2. The zero-order chi connectivity index (χ0) is 16.9. The fourth-order valence-corrected chi connectivity index (χ4v) is 1.96. The van der Waals surface area contributed by atoms with E-state index < -0.39 is 0 Å². The van der Waals surface area contributed by atoms with Gasteiger partial charge in [0.15, 0.2) is 17.5 Å². The topological polar surface area (TPSA) is 64.1 Å². The van der Waals surface area contributed by atoms with E-state index in [9.17, 15) is 0 Å². The molecule has 0 aliphatic carbocycles. The highest BCUT2D eigenvalue weighted by molar-refractivity contribution is 14.0.